The smallest absolute Gasteiger partial charge is 0.338 e. The number of carboxylic acids is 1. The number of halogens is 1. The lowest BCUT2D eigenvalue weighted by Gasteiger charge is -2.29. The Morgan fingerprint density at radius 1 is 1.32 bits per heavy atom. The molecule has 0 bridgehead atoms. The van der Waals surface area contributed by atoms with Gasteiger partial charge in [0.15, 0.2) is 0 Å². The first-order chi connectivity index (χ1) is 9.16. The van der Waals surface area contributed by atoms with E-state index in [1.165, 1.54) is 11.3 Å². The molecule has 1 aliphatic rings. The monoisotopic (exact) mass is 293 g/mol. The fourth-order valence-electron chi connectivity index (χ4n) is 2.44. The molecule has 0 spiro atoms. The Bertz CT molecular complexity index is 624. The second kappa shape index (κ2) is 4.87. The molecule has 2 aromatic rings. The fourth-order valence-corrected chi connectivity index (χ4v) is 3.99. The molecule has 1 aromatic carbocycles. The van der Waals surface area contributed by atoms with Crippen LogP contribution in [0.1, 0.15) is 20.8 Å². The third-order valence-corrected chi connectivity index (χ3v) is 4.77. The summed E-state index contributed by atoms with van der Waals surface area (Å²) in [6, 6.07) is 10.1. The van der Waals surface area contributed by atoms with Crippen molar-refractivity contribution >= 4 is 34.6 Å². The maximum atomic E-state index is 11.2. The summed E-state index contributed by atoms with van der Waals surface area (Å²) in [6.45, 7) is 1.56. The third-order valence-electron chi connectivity index (χ3n) is 3.35. The Balaban J connectivity index is 1.94. The average Bonchev–Trinajstić information content (AvgIpc) is 2.74. The molecule has 0 saturated carbocycles. The van der Waals surface area contributed by atoms with Gasteiger partial charge in [-0.3, -0.25) is 0 Å². The lowest BCUT2D eigenvalue weighted by atomic mass is 10.0. The number of para-hydroxylation sites is 1. The van der Waals surface area contributed by atoms with E-state index in [4.69, 9.17) is 11.6 Å². The molecule has 1 aliphatic heterocycles. The van der Waals surface area contributed by atoms with Crippen LogP contribution >= 0.6 is 22.9 Å². The number of hydrogen-bond donors (Lipinski definition) is 1. The Kier molecular flexibility index (Phi) is 3.21. The predicted molar refractivity (Wildman–Crippen MR) is 77.5 cm³/mol. The zero-order valence-corrected chi connectivity index (χ0v) is 11.7. The van der Waals surface area contributed by atoms with Gasteiger partial charge < -0.3 is 10.0 Å². The van der Waals surface area contributed by atoms with Crippen molar-refractivity contribution in [1.29, 1.82) is 0 Å². The van der Waals surface area contributed by atoms with Crippen LogP contribution in [0, 0.1) is 0 Å². The maximum Gasteiger partial charge on any atom is 0.338 e. The molecule has 0 atom stereocenters. The molecule has 0 saturated heterocycles. The van der Waals surface area contributed by atoms with E-state index in [2.05, 4.69) is 17.0 Å². The predicted octanol–water partition coefficient (Wildman–Crippen LogP) is 3.66. The zero-order valence-electron chi connectivity index (χ0n) is 10.1. The first-order valence-electron chi connectivity index (χ1n) is 6.00. The normalized spacial score (nSPS) is 14.3. The number of thiophene rings is 1. The maximum absolute atomic E-state index is 11.2. The van der Waals surface area contributed by atoms with Crippen LogP contribution in [0.2, 0.25) is 4.34 Å². The SMILES string of the molecule is O=C(O)c1c(Cl)sc2c1CCN(c1ccccc1)C2. The highest BCUT2D eigenvalue weighted by Gasteiger charge is 2.27. The van der Waals surface area contributed by atoms with Gasteiger partial charge >= 0.3 is 5.97 Å². The van der Waals surface area contributed by atoms with Crippen LogP contribution in [0.15, 0.2) is 30.3 Å². The minimum atomic E-state index is -0.921. The second-order valence-electron chi connectivity index (χ2n) is 4.46. The summed E-state index contributed by atoms with van der Waals surface area (Å²) < 4.78 is 0.396. The summed E-state index contributed by atoms with van der Waals surface area (Å²) in [4.78, 5) is 14.5. The van der Waals surface area contributed by atoms with Gasteiger partial charge in [-0.2, -0.15) is 0 Å². The first-order valence-corrected chi connectivity index (χ1v) is 7.19. The Morgan fingerprint density at radius 3 is 2.74 bits per heavy atom. The van der Waals surface area contributed by atoms with E-state index in [-0.39, 0.29) is 0 Å². The Morgan fingerprint density at radius 2 is 2.05 bits per heavy atom. The molecule has 98 valence electrons. The molecule has 0 unspecified atom stereocenters. The molecule has 0 amide bonds. The number of benzene rings is 1. The van der Waals surface area contributed by atoms with Gasteiger partial charge in [-0.25, -0.2) is 4.79 Å². The largest absolute Gasteiger partial charge is 0.478 e. The molecule has 1 N–H and O–H groups in total. The lowest BCUT2D eigenvalue weighted by Crippen LogP contribution is -2.29. The summed E-state index contributed by atoms with van der Waals surface area (Å²) in [5.74, 6) is -0.921. The van der Waals surface area contributed by atoms with Gasteiger partial charge in [0.1, 0.15) is 4.34 Å². The van der Waals surface area contributed by atoms with Crippen molar-refractivity contribution in [3.05, 3.63) is 50.7 Å². The van der Waals surface area contributed by atoms with E-state index in [1.807, 2.05) is 18.2 Å². The fraction of sp³-hybridized carbons (Fsp3) is 0.214. The molecular weight excluding hydrogens is 282 g/mol. The number of carboxylic acid groups (broad SMARTS) is 1. The van der Waals surface area contributed by atoms with Crippen LogP contribution in [-0.4, -0.2) is 17.6 Å². The second-order valence-corrected chi connectivity index (χ2v) is 6.17. The van der Waals surface area contributed by atoms with Gasteiger partial charge in [-0.05, 0) is 24.1 Å². The summed E-state index contributed by atoms with van der Waals surface area (Å²) in [7, 11) is 0. The molecule has 1 aromatic heterocycles. The number of rotatable bonds is 2. The quantitative estimate of drug-likeness (QED) is 0.918. The minimum absolute atomic E-state index is 0.300. The molecule has 3 rings (SSSR count). The number of hydrogen-bond acceptors (Lipinski definition) is 3. The van der Waals surface area contributed by atoms with Crippen molar-refractivity contribution in [2.24, 2.45) is 0 Å². The van der Waals surface area contributed by atoms with Crippen molar-refractivity contribution in [2.75, 3.05) is 11.4 Å². The van der Waals surface area contributed by atoms with E-state index >= 15 is 0 Å². The van der Waals surface area contributed by atoms with E-state index < -0.39 is 5.97 Å². The lowest BCUT2D eigenvalue weighted by molar-refractivity contribution is 0.0696. The molecule has 3 nitrogen and oxygen atoms in total. The van der Waals surface area contributed by atoms with Gasteiger partial charge in [-0.15, -0.1) is 11.3 Å². The van der Waals surface area contributed by atoms with Gasteiger partial charge in [0.25, 0.3) is 0 Å². The Hall–Kier alpha value is -1.52. The Labute approximate surface area is 120 Å². The van der Waals surface area contributed by atoms with E-state index in [1.54, 1.807) is 0 Å². The highest BCUT2D eigenvalue weighted by Crippen LogP contribution is 2.37. The van der Waals surface area contributed by atoms with E-state index in [0.717, 1.165) is 35.6 Å². The van der Waals surface area contributed by atoms with Gasteiger partial charge in [0.05, 0.1) is 12.1 Å². The summed E-state index contributed by atoms with van der Waals surface area (Å²) in [5.41, 5.74) is 2.37. The van der Waals surface area contributed by atoms with Crippen molar-refractivity contribution in [3.8, 4) is 0 Å². The minimum Gasteiger partial charge on any atom is -0.478 e. The third kappa shape index (κ3) is 2.22. The van der Waals surface area contributed by atoms with Crippen LogP contribution in [0.4, 0.5) is 5.69 Å². The standard InChI is InChI=1S/C14H12ClNO2S/c15-13-12(14(17)18)10-6-7-16(8-11(10)19-13)9-4-2-1-3-5-9/h1-5H,6-8H2,(H,17,18). The van der Waals surface area contributed by atoms with Crippen LogP contribution < -0.4 is 4.90 Å². The first kappa shape index (κ1) is 12.5. The molecular formula is C14H12ClNO2S. The van der Waals surface area contributed by atoms with Crippen molar-refractivity contribution in [1.82, 2.24) is 0 Å². The van der Waals surface area contributed by atoms with Crippen LogP contribution in [0.25, 0.3) is 0 Å². The van der Waals surface area contributed by atoms with Gasteiger partial charge in [0.2, 0.25) is 0 Å². The number of fused-ring (bicyclic) bond motifs is 1. The van der Waals surface area contributed by atoms with E-state index in [9.17, 15) is 9.90 Å². The van der Waals surface area contributed by atoms with E-state index in [0.29, 0.717) is 9.90 Å². The van der Waals surface area contributed by atoms with Crippen molar-refractivity contribution < 1.29 is 9.90 Å². The van der Waals surface area contributed by atoms with Gasteiger partial charge in [-0.1, -0.05) is 29.8 Å². The number of nitrogens with zero attached hydrogens (tertiary/aromatic N) is 1. The van der Waals surface area contributed by atoms with Crippen LogP contribution in [0.5, 0.6) is 0 Å². The summed E-state index contributed by atoms with van der Waals surface area (Å²) >= 11 is 7.43. The highest BCUT2D eigenvalue weighted by molar-refractivity contribution is 7.16. The number of anilines is 1. The molecule has 5 heteroatoms. The molecule has 2 heterocycles. The molecule has 19 heavy (non-hydrogen) atoms. The van der Waals surface area contributed by atoms with Crippen molar-refractivity contribution in [2.45, 2.75) is 13.0 Å². The van der Waals surface area contributed by atoms with Gasteiger partial charge in [0, 0.05) is 17.1 Å². The average molecular weight is 294 g/mol. The highest BCUT2D eigenvalue weighted by atomic mass is 35.5. The molecule has 0 radical (unpaired) electrons. The van der Waals surface area contributed by atoms with Crippen LogP contribution in [-0.2, 0) is 13.0 Å². The topological polar surface area (TPSA) is 40.5 Å². The zero-order chi connectivity index (χ0) is 13.4. The molecule has 0 fully saturated rings. The summed E-state index contributed by atoms with van der Waals surface area (Å²) in [5, 5.41) is 9.20. The number of aromatic carboxylic acids is 1. The van der Waals surface area contributed by atoms with Crippen molar-refractivity contribution in [3.63, 3.8) is 0 Å². The molecule has 0 aliphatic carbocycles. The number of carbonyl (C=O) groups is 1. The van der Waals surface area contributed by atoms with Crippen LogP contribution in [0.3, 0.4) is 0 Å². The summed E-state index contributed by atoms with van der Waals surface area (Å²) in [6.07, 6.45) is 0.731.